The molecule has 1 amide bonds. The smallest absolute Gasteiger partial charge is 0.255 e. The Kier molecular flexibility index (Phi) is 5.38. The zero-order valence-electron chi connectivity index (χ0n) is 11.7. The molecule has 1 saturated heterocycles. The van der Waals surface area contributed by atoms with Gasteiger partial charge < -0.3 is 10.2 Å². The molecule has 1 aromatic carbocycles. The average molecular weight is 299 g/mol. The molecule has 0 spiro atoms. The first-order chi connectivity index (χ1) is 9.61. The van der Waals surface area contributed by atoms with Gasteiger partial charge in [-0.3, -0.25) is 4.79 Å². The molecular formula is C15H20ClFN2O. The Bertz CT molecular complexity index is 475. The van der Waals surface area contributed by atoms with Crippen LogP contribution >= 0.6 is 11.6 Å². The van der Waals surface area contributed by atoms with Gasteiger partial charge in [-0.25, -0.2) is 4.39 Å². The Morgan fingerprint density at radius 3 is 2.90 bits per heavy atom. The quantitative estimate of drug-likeness (QED) is 0.926. The van der Waals surface area contributed by atoms with Gasteiger partial charge in [-0.1, -0.05) is 18.0 Å². The van der Waals surface area contributed by atoms with E-state index in [1.54, 1.807) is 4.90 Å². The van der Waals surface area contributed by atoms with Crippen molar-refractivity contribution in [1.29, 1.82) is 0 Å². The van der Waals surface area contributed by atoms with Crippen molar-refractivity contribution in [2.75, 3.05) is 19.6 Å². The number of rotatable bonds is 4. The van der Waals surface area contributed by atoms with E-state index in [-0.39, 0.29) is 10.9 Å². The summed E-state index contributed by atoms with van der Waals surface area (Å²) in [6.45, 7) is 4.24. The highest BCUT2D eigenvalue weighted by molar-refractivity contribution is 6.33. The second-order valence-electron chi connectivity index (χ2n) is 5.11. The molecule has 110 valence electrons. The fraction of sp³-hybridized carbons (Fsp3) is 0.533. The fourth-order valence-electron chi connectivity index (χ4n) is 2.53. The number of hydrogen-bond donors (Lipinski definition) is 1. The molecule has 0 aromatic heterocycles. The molecule has 1 fully saturated rings. The maximum Gasteiger partial charge on any atom is 0.255 e. The minimum Gasteiger partial charge on any atom is -0.337 e. The van der Waals surface area contributed by atoms with Gasteiger partial charge >= 0.3 is 0 Å². The molecule has 0 radical (unpaired) electrons. The maximum atomic E-state index is 13.0. The molecule has 1 aliphatic rings. The highest BCUT2D eigenvalue weighted by atomic mass is 35.5. The third-order valence-electron chi connectivity index (χ3n) is 3.68. The summed E-state index contributed by atoms with van der Waals surface area (Å²) in [7, 11) is 0. The van der Waals surface area contributed by atoms with Crippen molar-refractivity contribution in [2.24, 2.45) is 0 Å². The molecule has 1 atom stereocenters. The first-order valence-electron chi connectivity index (χ1n) is 7.09. The Morgan fingerprint density at radius 2 is 2.30 bits per heavy atom. The Balaban J connectivity index is 2.07. The summed E-state index contributed by atoms with van der Waals surface area (Å²) in [6.07, 6.45) is 3.47. The van der Waals surface area contributed by atoms with Crippen LogP contribution in [0.3, 0.4) is 0 Å². The number of nitrogens with zero attached hydrogens (tertiary/aromatic N) is 1. The second kappa shape index (κ2) is 7.04. The van der Waals surface area contributed by atoms with E-state index in [1.165, 1.54) is 31.0 Å². The third kappa shape index (κ3) is 3.70. The van der Waals surface area contributed by atoms with Crippen molar-refractivity contribution >= 4 is 17.5 Å². The Morgan fingerprint density at radius 1 is 1.50 bits per heavy atom. The average Bonchev–Trinajstić information content (AvgIpc) is 2.45. The van der Waals surface area contributed by atoms with Crippen LogP contribution in [0.4, 0.5) is 4.39 Å². The lowest BCUT2D eigenvalue weighted by atomic mass is 10.0. The fourth-order valence-corrected chi connectivity index (χ4v) is 2.78. The highest BCUT2D eigenvalue weighted by Gasteiger charge is 2.22. The molecule has 1 N–H and O–H groups in total. The molecule has 0 bridgehead atoms. The second-order valence-corrected chi connectivity index (χ2v) is 5.52. The van der Waals surface area contributed by atoms with Gasteiger partial charge in [-0.2, -0.15) is 0 Å². The van der Waals surface area contributed by atoms with Crippen molar-refractivity contribution < 1.29 is 9.18 Å². The van der Waals surface area contributed by atoms with E-state index in [1.807, 2.05) is 6.92 Å². The number of carbonyl (C=O) groups is 1. The number of hydrogen-bond acceptors (Lipinski definition) is 2. The van der Waals surface area contributed by atoms with Gasteiger partial charge in [-0.15, -0.1) is 0 Å². The topological polar surface area (TPSA) is 32.3 Å². The van der Waals surface area contributed by atoms with Crippen LogP contribution in [0.25, 0.3) is 0 Å². The summed E-state index contributed by atoms with van der Waals surface area (Å²) in [5, 5.41) is 3.60. The Labute approximate surface area is 124 Å². The molecule has 5 heteroatoms. The van der Waals surface area contributed by atoms with Gasteiger partial charge in [0.05, 0.1) is 10.6 Å². The van der Waals surface area contributed by atoms with E-state index in [4.69, 9.17) is 11.6 Å². The predicted molar refractivity (Wildman–Crippen MR) is 78.6 cm³/mol. The number of carbonyl (C=O) groups excluding carboxylic acids is 1. The minimum atomic E-state index is -0.427. The van der Waals surface area contributed by atoms with Crippen molar-refractivity contribution in [3.8, 4) is 0 Å². The van der Waals surface area contributed by atoms with Crippen LogP contribution < -0.4 is 5.32 Å². The predicted octanol–water partition coefficient (Wildman–Crippen LogP) is 3.08. The molecule has 20 heavy (non-hydrogen) atoms. The number of nitrogens with one attached hydrogen (secondary N) is 1. The van der Waals surface area contributed by atoms with Crippen LogP contribution in [-0.2, 0) is 0 Å². The van der Waals surface area contributed by atoms with E-state index in [0.29, 0.717) is 24.7 Å². The van der Waals surface area contributed by atoms with Gasteiger partial charge in [0.25, 0.3) is 5.91 Å². The third-order valence-corrected chi connectivity index (χ3v) is 4.00. The number of benzene rings is 1. The first kappa shape index (κ1) is 15.3. The van der Waals surface area contributed by atoms with Crippen molar-refractivity contribution in [3.63, 3.8) is 0 Å². The van der Waals surface area contributed by atoms with Crippen LogP contribution in [0.2, 0.25) is 5.02 Å². The van der Waals surface area contributed by atoms with E-state index in [0.717, 1.165) is 13.0 Å². The normalized spacial score (nSPS) is 18.9. The van der Waals surface area contributed by atoms with E-state index < -0.39 is 5.82 Å². The van der Waals surface area contributed by atoms with Gasteiger partial charge in [0, 0.05) is 19.1 Å². The zero-order valence-corrected chi connectivity index (χ0v) is 12.4. The molecule has 1 aromatic rings. The van der Waals surface area contributed by atoms with Gasteiger partial charge in [-0.05, 0) is 44.5 Å². The van der Waals surface area contributed by atoms with Gasteiger partial charge in [0.2, 0.25) is 0 Å². The van der Waals surface area contributed by atoms with Crippen LogP contribution in [0, 0.1) is 5.82 Å². The lowest BCUT2D eigenvalue weighted by Crippen LogP contribution is -2.45. The summed E-state index contributed by atoms with van der Waals surface area (Å²) in [5.74, 6) is -0.562. The molecule has 3 nitrogen and oxygen atoms in total. The first-order valence-corrected chi connectivity index (χ1v) is 7.47. The van der Waals surface area contributed by atoms with Crippen molar-refractivity contribution in [1.82, 2.24) is 10.2 Å². The molecular weight excluding hydrogens is 279 g/mol. The largest absolute Gasteiger partial charge is 0.337 e. The molecule has 2 rings (SSSR count). The minimum absolute atomic E-state index is 0.134. The van der Waals surface area contributed by atoms with E-state index in [2.05, 4.69) is 5.32 Å². The standard InChI is InChI=1S/C15H20ClFN2O/c1-2-19(10-12-5-3-4-8-18-12)15(20)13-7-6-11(17)9-14(13)16/h6-7,9,12,18H,2-5,8,10H2,1H3. The highest BCUT2D eigenvalue weighted by Crippen LogP contribution is 2.20. The Hall–Kier alpha value is -1.13. The van der Waals surface area contributed by atoms with Crippen LogP contribution in [-0.4, -0.2) is 36.5 Å². The maximum absolute atomic E-state index is 13.0. The molecule has 1 aliphatic heterocycles. The van der Waals surface area contributed by atoms with Crippen LogP contribution in [0.5, 0.6) is 0 Å². The number of halogens is 2. The van der Waals surface area contributed by atoms with Crippen molar-refractivity contribution in [3.05, 3.63) is 34.6 Å². The lowest BCUT2D eigenvalue weighted by Gasteiger charge is -2.30. The summed E-state index contributed by atoms with van der Waals surface area (Å²) >= 11 is 5.97. The van der Waals surface area contributed by atoms with E-state index >= 15 is 0 Å². The molecule has 1 heterocycles. The summed E-state index contributed by atoms with van der Waals surface area (Å²) in [4.78, 5) is 14.2. The number of amides is 1. The molecule has 0 saturated carbocycles. The van der Waals surface area contributed by atoms with E-state index in [9.17, 15) is 9.18 Å². The number of piperidine rings is 1. The van der Waals surface area contributed by atoms with Gasteiger partial charge in [0.15, 0.2) is 0 Å². The summed E-state index contributed by atoms with van der Waals surface area (Å²) in [5.41, 5.74) is 0.366. The van der Waals surface area contributed by atoms with Crippen molar-refractivity contribution in [2.45, 2.75) is 32.2 Å². The molecule has 1 unspecified atom stereocenters. The lowest BCUT2D eigenvalue weighted by molar-refractivity contribution is 0.0741. The SMILES string of the molecule is CCN(CC1CCCCN1)C(=O)c1ccc(F)cc1Cl. The molecule has 0 aliphatic carbocycles. The summed E-state index contributed by atoms with van der Waals surface area (Å²) in [6, 6.07) is 4.25. The summed E-state index contributed by atoms with van der Waals surface area (Å²) < 4.78 is 13.0. The zero-order chi connectivity index (χ0) is 14.5. The van der Waals surface area contributed by atoms with Gasteiger partial charge in [0.1, 0.15) is 5.82 Å². The monoisotopic (exact) mass is 298 g/mol. The number of likely N-dealkylation sites (N-methyl/N-ethyl adjacent to an activating group) is 1. The van der Waals surface area contributed by atoms with Crippen LogP contribution in [0.1, 0.15) is 36.5 Å². The van der Waals surface area contributed by atoms with Crippen LogP contribution in [0.15, 0.2) is 18.2 Å².